The molecule has 1 unspecified atom stereocenters. The van der Waals surface area contributed by atoms with E-state index in [4.69, 9.17) is 4.52 Å². The number of rotatable bonds is 5. The molecule has 3 rings (SSSR count). The van der Waals surface area contributed by atoms with Crippen molar-refractivity contribution in [1.29, 1.82) is 0 Å². The first-order valence-corrected chi connectivity index (χ1v) is 7.30. The Morgan fingerprint density at radius 3 is 3.00 bits per heavy atom. The van der Waals surface area contributed by atoms with Gasteiger partial charge in [-0.3, -0.25) is 10.1 Å². The molecule has 0 fully saturated rings. The number of hydrogen-bond donors (Lipinski definition) is 3. The minimum Gasteiger partial charge on any atom is -0.394 e. The Labute approximate surface area is 128 Å². The topological polar surface area (TPSA) is 87.4 Å². The summed E-state index contributed by atoms with van der Waals surface area (Å²) in [6, 6.07) is 9.67. The summed E-state index contributed by atoms with van der Waals surface area (Å²) in [6.07, 6.45) is 1.67. The van der Waals surface area contributed by atoms with E-state index in [1.165, 1.54) is 5.56 Å². The van der Waals surface area contributed by atoms with Crippen LogP contribution >= 0.6 is 0 Å². The maximum Gasteiger partial charge on any atom is 0.239 e. The summed E-state index contributed by atoms with van der Waals surface area (Å²) >= 11 is 0. The predicted octanol–water partition coefficient (Wildman–Crippen LogP) is 1.35. The van der Waals surface area contributed by atoms with Gasteiger partial charge in [-0.15, -0.1) is 0 Å². The highest BCUT2D eigenvalue weighted by molar-refractivity contribution is 5.91. The first-order valence-electron chi connectivity index (χ1n) is 7.30. The van der Waals surface area contributed by atoms with Crippen molar-refractivity contribution >= 4 is 11.7 Å². The summed E-state index contributed by atoms with van der Waals surface area (Å²) in [4.78, 5) is 12.0. The molecule has 22 heavy (non-hydrogen) atoms. The summed E-state index contributed by atoms with van der Waals surface area (Å²) in [6.45, 7) is 1.82. The molecule has 1 aromatic carbocycles. The molecule has 1 aromatic heterocycles. The number of aryl methyl sites for hydroxylation is 2. The van der Waals surface area contributed by atoms with Crippen LogP contribution in [0.4, 0.5) is 5.82 Å². The number of fused-ring (bicyclic) bond motifs is 1. The summed E-state index contributed by atoms with van der Waals surface area (Å²) in [5.41, 5.74) is 1.74. The van der Waals surface area contributed by atoms with E-state index >= 15 is 0 Å². The van der Waals surface area contributed by atoms with Gasteiger partial charge in [-0.1, -0.05) is 29.4 Å². The molecule has 0 radical (unpaired) electrons. The fourth-order valence-corrected chi connectivity index (χ4v) is 2.95. The molecule has 1 aliphatic rings. The molecular weight excluding hydrogens is 282 g/mol. The van der Waals surface area contributed by atoms with Gasteiger partial charge in [0.05, 0.1) is 18.7 Å². The number of amides is 1. The molecule has 1 atom stereocenters. The van der Waals surface area contributed by atoms with E-state index in [1.807, 2.05) is 18.2 Å². The van der Waals surface area contributed by atoms with Crippen LogP contribution in [0.5, 0.6) is 0 Å². The summed E-state index contributed by atoms with van der Waals surface area (Å²) in [5, 5.41) is 19.4. The monoisotopic (exact) mass is 301 g/mol. The van der Waals surface area contributed by atoms with E-state index in [0.29, 0.717) is 11.6 Å². The zero-order valence-corrected chi connectivity index (χ0v) is 12.4. The normalized spacial score (nSPS) is 19.9. The highest BCUT2D eigenvalue weighted by Gasteiger charge is 2.37. The predicted molar refractivity (Wildman–Crippen MR) is 81.4 cm³/mol. The van der Waals surface area contributed by atoms with Crippen LogP contribution in [0, 0.1) is 6.92 Å². The molecule has 0 aliphatic heterocycles. The van der Waals surface area contributed by atoms with Crippen molar-refractivity contribution < 1.29 is 14.4 Å². The Balaban J connectivity index is 1.66. The van der Waals surface area contributed by atoms with E-state index < -0.39 is 5.54 Å². The number of hydrogen-bond acceptors (Lipinski definition) is 5. The number of aliphatic hydroxyl groups excluding tert-OH is 1. The Bertz CT molecular complexity index is 683. The van der Waals surface area contributed by atoms with Crippen molar-refractivity contribution in [2.24, 2.45) is 0 Å². The van der Waals surface area contributed by atoms with Crippen LogP contribution < -0.4 is 10.6 Å². The Kier molecular flexibility index (Phi) is 3.96. The zero-order chi connectivity index (χ0) is 15.6. The summed E-state index contributed by atoms with van der Waals surface area (Å²) in [7, 11) is 0. The second-order valence-corrected chi connectivity index (χ2v) is 5.62. The van der Waals surface area contributed by atoms with E-state index in [-0.39, 0.29) is 19.1 Å². The lowest BCUT2D eigenvalue weighted by Gasteiger charge is -2.29. The molecule has 0 saturated carbocycles. The molecule has 1 aliphatic carbocycles. The lowest BCUT2D eigenvalue weighted by Crippen LogP contribution is -2.47. The van der Waals surface area contributed by atoms with Gasteiger partial charge in [0, 0.05) is 6.07 Å². The molecule has 6 heteroatoms. The van der Waals surface area contributed by atoms with Gasteiger partial charge in [0.25, 0.3) is 0 Å². The molecule has 0 saturated heterocycles. The highest BCUT2D eigenvalue weighted by atomic mass is 16.5. The number of benzene rings is 1. The second-order valence-electron chi connectivity index (χ2n) is 5.62. The molecule has 3 N–H and O–H groups in total. The fraction of sp³-hybridized carbons (Fsp3) is 0.375. The Morgan fingerprint density at radius 2 is 2.27 bits per heavy atom. The first-order chi connectivity index (χ1) is 10.6. The van der Waals surface area contributed by atoms with Gasteiger partial charge in [-0.25, -0.2) is 0 Å². The number of aliphatic hydroxyl groups is 1. The zero-order valence-electron chi connectivity index (χ0n) is 12.4. The largest absolute Gasteiger partial charge is 0.394 e. The van der Waals surface area contributed by atoms with Crippen LogP contribution in [-0.4, -0.2) is 29.3 Å². The Morgan fingerprint density at radius 1 is 1.45 bits per heavy atom. The quantitative estimate of drug-likeness (QED) is 0.776. The van der Waals surface area contributed by atoms with Crippen LogP contribution in [0.15, 0.2) is 34.9 Å². The molecule has 116 valence electrons. The third-order valence-electron chi connectivity index (χ3n) is 4.11. The molecule has 1 amide bonds. The van der Waals surface area contributed by atoms with E-state index in [9.17, 15) is 9.90 Å². The number of carbonyl (C=O) groups is 1. The van der Waals surface area contributed by atoms with Gasteiger partial charge in [-0.2, -0.15) is 0 Å². The van der Waals surface area contributed by atoms with Gasteiger partial charge >= 0.3 is 0 Å². The average molecular weight is 301 g/mol. The lowest BCUT2D eigenvalue weighted by molar-refractivity contribution is -0.115. The SMILES string of the molecule is Cc1cc(NC(=O)CNC2(CO)CCc3ccccc32)no1. The molecule has 0 spiro atoms. The van der Waals surface area contributed by atoms with E-state index in [1.54, 1.807) is 13.0 Å². The number of aromatic nitrogens is 1. The van der Waals surface area contributed by atoms with Crippen LogP contribution in [0.25, 0.3) is 0 Å². The maximum atomic E-state index is 12.0. The van der Waals surface area contributed by atoms with Gasteiger partial charge < -0.3 is 14.9 Å². The van der Waals surface area contributed by atoms with Gasteiger partial charge in [-0.05, 0) is 30.9 Å². The summed E-state index contributed by atoms with van der Waals surface area (Å²) in [5.74, 6) is 0.819. The number of anilines is 1. The van der Waals surface area contributed by atoms with Crippen LogP contribution in [0.1, 0.15) is 23.3 Å². The van der Waals surface area contributed by atoms with Crippen LogP contribution in [0.3, 0.4) is 0 Å². The minimum absolute atomic E-state index is 0.0413. The van der Waals surface area contributed by atoms with Gasteiger partial charge in [0.15, 0.2) is 5.82 Å². The summed E-state index contributed by atoms with van der Waals surface area (Å²) < 4.78 is 4.91. The first kappa shape index (κ1) is 14.7. The highest BCUT2D eigenvalue weighted by Crippen LogP contribution is 2.36. The number of nitrogens with zero attached hydrogens (tertiary/aromatic N) is 1. The van der Waals surface area contributed by atoms with Crippen molar-refractivity contribution in [3.8, 4) is 0 Å². The third kappa shape index (κ3) is 2.75. The van der Waals surface area contributed by atoms with Gasteiger partial charge in [0.1, 0.15) is 5.76 Å². The molecule has 6 nitrogen and oxygen atoms in total. The number of nitrogens with one attached hydrogen (secondary N) is 2. The molecule has 2 aromatic rings. The molecule has 0 bridgehead atoms. The average Bonchev–Trinajstić information content (AvgIpc) is 3.10. The fourth-order valence-electron chi connectivity index (χ4n) is 2.95. The van der Waals surface area contributed by atoms with Crippen LogP contribution in [-0.2, 0) is 16.8 Å². The van der Waals surface area contributed by atoms with Crippen LogP contribution in [0.2, 0.25) is 0 Å². The van der Waals surface area contributed by atoms with Crippen molar-refractivity contribution in [3.63, 3.8) is 0 Å². The second kappa shape index (κ2) is 5.90. The molecular formula is C16H19N3O3. The smallest absolute Gasteiger partial charge is 0.239 e. The molecule has 1 heterocycles. The van der Waals surface area contributed by atoms with Crippen molar-refractivity contribution in [3.05, 3.63) is 47.2 Å². The van der Waals surface area contributed by atoms with Crippen molar-refractivity contribution in [2.75, 3.05) is 18.5 Å². The standard InChI is InChI=1S/C16H19N3O3/c1-11-8-14(19-22-11)18-15(21)9-17-16(10-20)7-6-12-4-2-3-5-13(12)16/h2-5,8,17,20H,6-7,9-10H2,1H3,(H,18,19,21). The van der Waals surface area contributed by atoms with Gasteiger partial charge in [0.2, 0.25) is 5.91 Å². The third-order valence-corrected chi connectivity index (χ3v) is 4.11. The maximum absolute atomic E-state index is 12.0. The van der Waals surface area contributed by atoms with E-state index in [0.717, 1.165) is 18.4 Å². The lowest BCUT2D eigenvalue weighted by atomic mass is 9.92. The van der Waals surface area contributed by atoms with Crippen molar-refractivity contribution in [1.82, 2.24) is 10.5 Å². The van der Waals surface area contributed by atoms with E-state index in [2.05, 4.69) is 21.9 Å². The number of carbonyl (C=O) groups excluding carboxylic acids is 1. The minimum atomic E-state index is -0.548. The van der Waals surface area contributed by atoms with Crippen molar-refractivity contribution in [2.45, 2.75) is 25.3 Å². The Hall–Kier alpha value is -2.18.